The number of hydrogen-bond donors (Lipinski definition) is 1. The number of H-pyrrole nitrogens is 1. The van der Waals surface area contributed by atoms with Crippen LogP contribution in [0, 0.1) is 0 Å². The Morgan fingerprint density at radius 2 is 2.17 bits per heavy atom. The molecule has 2 heterocycles. The molecule has 8 heteroatoms. The number of ketones is 1. The highest BCUT2D eigenvalue weighted by Crippen LogP contribution is 2.25. The molecule has 6 nitrogen and oxygen atoms in total. The Hall–Kier alpha value is -2.48. The average molecular weight is 338 g/mol. The van der Waals surface area contributed by atoms with Gasteiger partial charge in [-0.1, -0.05) is 0 Å². The predicted molar refractivity (Wildman–Crippen MR) is 81.3 cm³/mol. The SMILES string of the molecule is COc1ccc2[nH]cc(C(=O)C(=O)N3CCC(OC(F)F)C3)c2c1. The number of methoxy groups -OCH3 is 1. The van der Waals surface area contributed by atoms with Gasteiger partial charge in [0.25, 0.3) is 11.7 Å². The van der Waals surface area contributed by atoms with E-state index in [4.69, 9.17) is 4.74 Å². The number of carbonyl (C=O) groups is 2. The average Bonchev–Trinajstić information content (AvgIpc) is 3.19. The second-order valence-corrected chi connectivity index (χ2v) is 5.50. The van der Waals surface area contributed by atoms with E-state index < -0.39 is 24.4 Å². The summed E-state index contributed by atoms with van der Waals surface area (Å²) in [6, 6.07) is 5.15. The molecule has 1 aliphatic rings. The van der Waals surface area contributed by atoms with Crippen LogP contribution in [-0.4, -0.2) is 54.5 Å². The molecular formula is C16H16F2N2O4. The van der Waals surface area contributed by atoms with Gasteiger partial charge in [-0.2, -0.15) is 8.78 Å². The number of likely N-dealkylation sites (tertiary alicyclic amines) is 1. The molecule has 1 fully saturated rings. The van der Waals surface area contributed by atoms with E-state index in [2.05, 4.69) is 9.72 Å². The van der Waals surface area contributed by atoms with E-state index in [1.807, 2.05) is 0 Å². The Morgan fingerprint density at radius 1 is 1.38 bits per heavy atom. The van der Waals surface area contributed by atoms with Gasteiger partial charge in [-0.25, -0.2) is 0 Å². The first kappa shape index (κ1) is 16.4. The quantitative estimate of drug-likeness (QED) is 0.670. The fourth-order valence-corrected chi connectivity index (χ4v) is 2.84. The first-order valence-electron chi connectivity index (χ1n) is 7.42. The topological polar surface area (TPSA) is 71.6 Å². The van der Waals surface area contributed by atoms with Gasteiger partial charge in [0.05, 0.1) is 18.8 Å². The molecule has 0 saturated carbocycles. The third-order valence-electron chi connectivity index (χ3n) is 4.06. The molecule has 1 aromatic carbocycles. The molecule has 1 saturated heterocycles. The van der Waals surface area contributed by atoms with E-state index in [1.165, 1.54) is 18.2 Å². The van der Waals surface area contributed by atoms with Gasteiger partial charge in [-0.05, 0) is 24.6 Å². The van der Waals surface area contributed by atoms with Crippen molar-refractivity contribution in [2.24, 2.45) is 0 Å². The van der Waals surface area contributed by atoms with E-state index in [0.29, 0.717) is 16.7 Å². The van der Waals surface area contributed by atoms with Crippen molar-refractivity contribution in [1.29, 1.82) is 0 Å². The molecule has 0 spiro atoms. The lowest BCUT2D eigenvalue weighted by Crippen LogP contribution is -2.35. The number of alkyl halides is 2. The van der Waals surface area contributed by atoms with E-state index in [0.717, 1.165) is 0 Å². The molecule has 24 heavy (non-hydrogen) atoms. The van der Waals surface area contributed by atoms with Gasteiger partial charge in [0.1, 0.15) is 5.75 Å². The zero-order chi connectivity index (χ0) is 17.3. The Morgan fingerprint density at radius 3 is 2.88 bits per heavy atom. The summed E-state index contributed by atoms with van der Waals surface area (Å²) in [6.07, 6.45) is 1.00. The Labute approximate surface area is 136 Å². The third-order valence-corrected chi connectivity index (χ3v) is 4.06. The van der Waals surface area contributed by atoms with E-state index in [1.54, 1.807) is 18.2 Å². The maximum absolute atomic E-state index is 12.5. The van der Waals surface area contributed by atoms with Crippen LogP contribution in [0.15, 0.2) is 24.4 Å². The summed E-state index contributed by atoms with van der Waals surface area (Å²) in [5, 5.41) is 0.576. The van der Waals surface area contributed by atoms with Crippen LogP contribution in [0.1, 0.15) is 16.8 Å². The highest BCUT2D eigenvalue weighted by molar-refractivity contribution is 6.44. The first-order chi connectivity index (χ1) is 11.5. The van der Waals surface area contributed by atoms with Crippen molar-refractivity contribution in [2.45, 2.75) is 19.1 Å². The molecule has 1 unspecified atom stereocenters. The zero-order valence-electron chi connectivity index (χ0n) is 12.9. The van der Waals surface area contributed by atoms with Crippen molar-refractivity contribution in [1.82, 2.24) is 9.88 Å². The number of hydrogen-bond acceptors (Lipinski definition) is 4. The van der Waals surface area contributed by atoms with E-state index >= 15 is 0 Å². The third kappa shape index (κ3) is 3.09. The molecule has 1 amide bonds. The minimum absolute atomic E-state index is 0.0133. The molecule has 1 aliphatic heterocycles. The first-order valence-corrected chi connectivity index (χ1v) is 7.42. The molecule has 1 N–H and O–H groups in total. The number of fused-ring (bicyclic) bond motifs is 1. The lowest BCUT2D eigenvalue weighted by molar-refractivity contribution is -0.159. The summed E-state index contributed by atoms with van der Waals surface area (Å²) in [6.45, 7) is -2.68. The van der Waals surface area contributed by atoms with Crippen molar-refractivity contribution in [3.8, 4) is 5.75 Å². The summed E-state index contributed by atoms with van der Waals surface area (Å²) in [5.41, 5.74) is 0.930. The summed E-state index contributed by atoms with van der Waals surface area (Å²) in [4.78, 5) is 29.0. The highest BCUT2D eigenvalue weighted by Gasteiger charge is 2.33. The standard InChI is InChI=1S/C16H16F2N2O4/c1-23-9-2-3-13-11(6-9)12(7-19-13)14(21)15(22)20-5-4-10(8-20)24-16(17)18/h2-3,6-7,10,16,19H,4-5,8H2,1H3. The van der Waals surface area contributed by atoms with Gasteiger partial charge >= 0.3 is 6.61 Å². The van der Waals surface area contributed by atoms with Crippen molar-refractivity contribution < 1.29 is 27.8 Å². The Balaban J connectivity index is 1.78. The van der Waals surface area contributed by atoms with Crippen LogP contribution in [0.3, 0.4) is 0 Å². The van der Waals surface area contributed by atoms with Crippen molar-refractivity contribution >= 4 is 22.6 Å². The number of aromatic amines is 1. The van der Waals surface area contributed by atoms with Crippen molar-refractivity contribution in [3.05, 3.63) is 30.0 Å². The minimum Gasteiger partial charge on any atom is -0.497 e. The van der Waals surface area contributed by atoms with Gasteiger partial charge in [-0.15, -0.1) is 0 Å². The van der Waals surface area contributed by atoms with Gasteiger partial charge in [0.2, 0.25) is 0 Å². The molecule has 3 rings (SSSR count). The molecule has 0 bridgehead atoms. The van der Waals surface area contributed by atoms with Crippen molar-refractivity contribution in [2.75, 3.05) is 20.2 Å². The van der Waals surface area contributed by atoms with Crippen LogP contribution in [-0.2, 0) is 9.53 Å². The molecule has 1 aromatic heterocycles. The number of aromatic nitrogens is 1. The van der Waals surface area contributed by atoms with E-state index in [-0.39, 0.29) is 25.1 Å². The summed E-state index contributed by atoms with van der Waals surface area (Å²) >= 11 is 0. The number of amides is 1. The largest absolute Gasteiger partial charge is 0.497 e. The number of carbonyl (C=O) groups excluding carboxylic acids is 2. The predicted octanol–water partition coefficient (Wildman–Crippen LogP) is 2.20. The fraction of sp³-hybridized carbons (Fsp3) is 0.375. The van der Waals surface area contributed by atoms with Crippen LogP contribution in [0.4, 0.5) is 8.78 Å². The number of rotatable bonds is 5. The van der Waals surface area contributed by atoms with Crippen LogP contribution in [0.5, 0.6) is 5.75 Å². The van der Waals surface area contributed by atoms with Crippen LogP contribution >= 0.6 is 0 Å². The number of Topliss-reactive ketones (excluding diaryl/α,β-unsaturated/α-hetero) is 1. The second-order valence-electron chi connectivity index (χ2n) is 5.50. The Kier molecular flexibility index (Phi) is 4.48. The maximum Gasteiger partial charge on any atom is 0.345 e. The maximum atomic E-state index is 12.5. The lowest BCUT2D eigenvalue weighted by atomic mass is 10.1. The number of ether oxygens (including phenoxy) is 2. The smallest absolute Gasteiger partial charge is 0.345 e. The summed E-state index contributed by atoms with van der Waals surface area (Å²) < 4.78 is 34.0. The van der Waals surface area contributed by atoms with Gasteiger partial charge in [0.15, 0.2) is 0 Å². The lowest BCUT2D eigenvalue weighted by Gasteiger charge is -2.15. The van der Waals surface area contributed by atoms with E-state index in [9.17, 15) is 18.4 Å². The highest BCUT2D eigenvalue weighted by atomic mass is 19.3. The van der Waals surface area contributed by atoms with Gasteiger partial charge in [0, 0.05) is 30.2 Å². The monoisotopic (exact) mass is 338 g/mol. The number of nitrogens with one attached hydrogen (secondary N) is 1. The number of nitrogens with zero attached hydrogens (tertiary/aromatic N) is 1. The van der Waals surface area contributed by atoms with Gasteiger partial charge < -0.3 is 19.4 Å². The normalized spacial score (nSPS) is 17.7. The summed E-state index contributed by atoms with van der Waals surface area (Å²) in [5.74, 6) is -0.846. The molecule has 1 atom stereocenters. The van der Waals surface area contributed by atoms with Gasteiger partial charge in [-0.3, -0.25) is 9.59 Å². The van der Waals surface area contributed by atoms with Crippen molar-refractivity contribution in [3.63, 3.8) is 0 Å². The van der Waals surface area contributed by atoms with Crippen LogP contribution in [0.2, 0.25) is 0 Å². The minimum atomic E-state index is -2.89. The van der Waals surface area contributed by atoms with Crippen LogP contribution < -0.4 is 4.74 Å². The molecule has 0 aliphatic carbocycles. The molecule has 0 radical (unpaired) electrons. The summed E-state index contributed by atoms with van der Waals surface area (Å²) in [7, 11) is 1.51. The number of benzene rings is 1. The molecule has 2 aromatic rings. The molecule has 128 valence electrons. The Bertz CT molecular complexity index is 775. The second kappa shape index (κ2) is 6.56. The van der Waals surface area contributed by atoms with Crippen LogP contribution in [0.25, 0.3) is 10.9 Å². The number of halogens is 2. The fourth-order valence-electron chi connectivity index (χ4n) is 2.84. The molecular weight excluding hydrogens is 322 g/mol. The zero-order valence-corrected chi connectivity index (χ0v) is 12.9.